The average molecular weight is 344 g/mol. The highest BCUT2D eigenvalue weighted by molar-refractivity contribution is 7.98. The molecule has 6 heteroatoms. The van der Waals surface area contributed by atoms with Gasteiger partial charge in [0.15, 0.2) is 0 Å². The van der Waals surface area contributed by atoms with Gasteiger partial charge >= 0.3 is 12.0 Å². The van der Waals surface area contributed by atoms with Crippen LogP contribution in [0.4, 0.5) is 10.5 Å². The van der Waals surface area contributed by atoms with Crippen molar-refractivity contribution in [3.63, 3.8) is 0 Å². The van der Waals surface area contributed by atoms with Gasteiger partial charge in [0.25, 0.3) is 0 Å². The number of thioether (sulfide) groups is 1. The number of anilines is 1. The second kappa shape index (κ2) is 8.98. The minimum absolute atomic E-state index is 0.180. The van der Waals surface area contributed by atoms with Crippen molar-refractivity contribution in [3.05, 3.63) is 60.2 Å². The lowest BCUT2D eigenvalue weighted by Crippen LogP contribution is -2.41. The van der Waals surface area contributed by atoms with Crippen molar-refractivity contribution in [3.8, 4) is 0 Å². The van der Waals surface area contributed by atoms with Gasteiger partial charge in [0.05, 0.1) is 0 Å². The quantitative estimate of drug-likeness (QED) is 0.620. The van der Waals surface area contributed by atoms with E-state index in [0.717, 1.165) is 10.5 Å². The lowest BCUT2D eigenvalue weighted by atomic mass is 10.2. The molecule has 0 aliphatic rings. The summed E-state index contributed by atoms with van der Waals surface area (Å²) < 4.78 is 5.23. The minimum atomic E-state index is -0.737. The lowest BCUT2D eigenvalue weighted by Gasteiger charge is -2.14. The van der Waals surface area contributed by atoms with E-state index < -0.39 is 18.0 Å². The van der Waals surface area contributed by atoms with Crippen molar-refractivity contribution in [1.29, 1.82) is 0 Å². The van der Waals surface area contributed by atoms with Gasteiger partial charge in [-0.1, -0.05) is 30.3 Å². The summed E-state index contributed by atoms with van der Waals surface area (Å²) in [6, 6.07) is 15.6. The fourth-order valence-corrected chi connectivity index (χ4v) is 2.35. The maximum Gasteiger partial charge on any atom is 0.328 e. The Kier molecular flexibility index (Phi) is 6.69. The van der Waals surface area contributed by atoms with E-state index in [2.05, 4.69) is 10.6 Å². The van der Waals surface area contributed by atoms with E-state index in [1.165, 1.54) is 0 Å². The van der Waals surface area contributed by atoms with Crippen LogP contribution in [-0.2, 0) is 16.1 Å². The summed E-state index contributed by atoms with van der Waals surface area (Å²) in [5.74, 6) is -0.479. The van der Waals surface area contributed by atoms with Gasteiger partial charge in [0.1, 0.15) is 12.6 Å². The number of esters is 1. The van der Waals surface area contributed by atoms with E-state index >= 15 is 0 Å². The Balaban J connectivity index is 1.77. The monoisotopic (exact) mass is 344 g/mol. The third-order valence-electron chi connectivity index (χ3n) is 3.27. The molecule has 0 saturated heterocycles. The van der Waals surface area contributed by atoms with Crippen LogP contribution in [0.15, 0.2) is 59.5 Å². The minimum Gasteiger partial charge on any atom is -0.459 e. The molecule has 2 aromatic rings. The molecule has 0 unspecified atom stereocenters. The highest BCUT2D eigenvalue weighted by Crippen LogP contribution is 2.15. The van der Waals surface area contributed by atoms with E-state index in [9.17, 15) is 9.59 Å². The van der Waals surface area contributed by atoms with Crippen molar-refractivity contribution < 1.29 is 14.3 Å². The number of benzene rings is 2. The van der Waals surface area contributed by atoms with Gasteiger partial charge in [0, 0.05) is 10.6 Å². The van der Waals surface area contributed by atoms with Crippen LogP contribution in [0.3, 0.4) is 0 Å². The molecule has 24 heavy (non-hydrogen) atoms. The third-order valence-corrected chi connectivity index (χ3v) is 4.02. The topological polar surface area (TPSA) is 67.4 Å². The summed E-state index contributed by atoms with van der Waals surface area (Å²) in [7, 11) is 0. The molecule has 0 aliphatic heterocycles. The average Bonchev–Trinajstić information content (AvgIpc) is 2.60. The molecule has 0 fully saturated rings. The number of urea groups is 1. The Morgan fingerprint density at radius 1 is 1.08 bits per heavy atom. The van der Waals surface area contributed by atoms with E-state index in [4.69, 9.17) is 4.74 Å². The van der Waals surface area contributed by atoms with Gasteiger partial charge in [-0.3, -0.25) is 0 Å². The van der Waals surface area contributed by atoms with Crippen LogP contribution in [-0.4, -0.2) is 24.3 Å². The maximum absolute atomic E-state index is 12.0. The molecule has 2 rings (SSSR count). The van der Waals surface area contributed by atoms with Crippen LogP contribution in [0, 0.1) is 0 Å². The van der Waals surface area contributed by atoms with E-state index in [0.29, 0.717) is 5.69 Å². The predicted molar refractivity (Wildman–Crippen MR) is 96.1 cm³/mol. The maximum atomic E-state index is 12.0. The second-order valence-electron chi connectivity index (χ2n) is 5.14. The summed E-state index contributed by atoms with van der Waals surface area (Å²) in [6.45, 7) is 1.77. The molecular weight excluding hydrogens is 324 g/mol. The van der Waals surface area contributed by atoms with Gasteiger partial charge in [-0.15, -0.1) is 11.8 Å². The molecule has 1 atom stereocenters. The SMILES string of the molecule is CSc1ccc(COC(=O)[C@H](C)NC(=O)Nc2ccccc2)cc1. The van der Waals surface area contributed by atoms with Crippen molar-refractivity contribution in [2.24, 2.45) is 0 Å². The van der Waals surface area contributed by atoms with Crippen LogP contribution in [0.25, 0.3) is 0 Å². The Bertz CT molecular complexity index is 674. The summed E-state index contributed by atoms with van der Waals surface area (Å²) in [4.78, 5) is 24.9. The molecule has 2 amide bonds. The number of para-hydroxylation sites is 1. The molecule has 0 heterocycles. The summed E-state index contributed by atoms with van der Waals surface area (Å²) in [6.07, 6.45) is 2.00. The van der Waals surface area contributed by atoms with Crippen LogP contribution >= 0.6 is 11.8 Å². The molecule has 0 aliphatic carbocycles. The van der Waals surface area contributed by atoms with Crippen LogP contribution in [0.5, 0.6) is 0 Å². The molecule has 0 saturated carbocycles. The molecule has 2 aromatic carbocycles. The molecule has 0 spiro atoms. The highest BCUT2D eigenvalue weighted by Gasteiger charge is 2.17. The van der Waals surface area contributed by atoms with Crippen LogP contribution in [0.1, 0.15) is 12.5 Å². The van der Waals surface area contributed by atoms with Crippen LogP contribution in [0.2, 0.25) is 0 Å². The first-order chi connectivity index (χ1) is 11.6. The summed E-state index contributed by atoms with van der Waals surface area (Å²) >= 11 is 1.65. The fourth-order valence-electron chi connectivity index (χ4n) is 1.95. The zero-order chi connectivity index (χ0) is 17.4. The molecule has 5 nitrogen and oxygen atoms in total. The Morgan fingerprint density at radius 3 is 2.38 bits per heavy atom. The summed E-state index contributed by atoms with van der Waals surface area (Å²) in [5.41, 5.74) is 1.56. The fraction of sp³-hybridized carbons (Fsp3) is 0.222. The van der Waals surface area contributed by atoms with Gasteiger partial charge in [0.2, 0.25) is 0 Å². The van der Waals surface area contributed by atoms with Crippen molar-refractivity contribution >= 4 is 29.4 Å². The molecule has 2 N–H and O–H groups in total. The second-order valence-corrected chi connectivity index (χ2v) is 6.02. The number of nitrogens with one attached hydrogen (secondary N) is 2. The Labute approximate surface area is 145 Å². The van der Waals surface area contributed by atoms with E-state index in [-0.39, 0.29) is 6.61 Å². The van der Waals surface area contributed by atoms with Gasteiger partial charge < -0.3 is 15.4 Å². The highest BCUT2D eigenvalue weighted by atomic mass is 32.2. The lowest BCUT2D eigenvalue weighted by molar-refractivity contribution is -0.146. The van der Waals surface area contributed by atoms with Gasteiger partial charge in [-0.25, -0.2) is 9.59 Å². The number of carbonyl (C=O) groups is 2. The van der Waals surface area contributed by atoms with E-state index in [1.807, 2.05) is 48.7 Å². The summed E-state index contributed by atoms with van der Waals surface area (Å²) in [5, 5.41) is 5.21. The van der Waals surface area contributed by atoms with Gasteiger partial charge in [-0.2, -0.15) is 0 Å². The zero-order valence-electron chi connectivity index (χ0n) is 13.6. The largest absolute Gasteiger partial charge is 0.459 e. The first-order valence-electron chi connectivity index (χ1n) is 7.50. The number of carbonyl (C=O) groups excluding carboxylic acids is 2. The van der Waals surface area contributed by atoms with Crippen LogP contribution < -0.4 is 10.6 Å². The first kappa shape index (κ1) is 17.9. The molecule has 126 valence electrons. The zero-order valence-corrected chi connectivity index (χ0v) is 14.4. The van der Waals surface area contributed by atoms with Crippen molar-refractivity contribution in [2.45, 2.75) is 24.5 Å². The molecule has 0 bridgehead atoms. The number of ether oxygens (including phenoxy) is 1. The third kappa shape index (κ3) is 5.62. The number of hydrogen-bond acceptors (Lipinski definition) is 4. The van der Waals surface area contributed by atoms with Crippen molar-refractivity contribution in [2.75, 3.05) is 11.6 Å². The normalized spacial score (nSPS) is 11.4. The Hall–Kier alpha value is -2.47. The van der Waals surface area contributed by atoms with Crippen molar-refractivity contribution in [1.82, 2.24) is 5.32 Å². The van der Waals surface area contributed by atoms with E-state index in [1.54, 1.807) is 30.8 Å². The molecular formula is C18H20N2O3S. The smallest absolute Gasteiger partial charge is 0.328 e. The predicted octanol–water partition coefficient (Wildman–Crippen LogP) is 3.66. The molecule has 0 radical (unpaired) electrons. The standard InChI is InChI=1S/C18H20N2O3S/c1-13(19-18(22)20-15-6-4-3-5-7-15)17(21)23-12-14-8-10-16(24-2)11-9-14/h3-11,13H,12H2,1-2H3,(H2,19,20,22)/t13-/m0/s1. The Morgan fingerprint density at radius 2 is 1.75 bits per heavy atom. The first-order valence-corrected chi connectivity index (χ1v) is 8.73. The number of amides is 2. The van der Waals surface area contributed by atoms with Gasteiger partial charge in [-0.05, 0) is 43.0 Å². The molecule has 0 aromatic heterocycles. The number of hydrogen-bond donors (Lipinski definition) is 2. The number of rotatable bonds is 6.